The van der Waals surface area contributed by atoms with Gasteiger partial charge in [-0.05, 0) is 18.2 Å². The Labute approximate surface area is 207 Å². The molecule has 0 aliphatic carbocycles. The number of aromatic nitrogens is 4. The van der Waals surface area contributed by atoms with Gasteiger partial charge in [-0.3, -0.25) is 4.79 Å². The van der Waals surface area contributed by atoms with E-state index in [1.54, 1.807) is 30.5 Å². The van der Waals surface area contributed by atoms with Crippen LogP contribution in [0.2, 0.25) is 5.02 Å². The molecule has 1 aliphatic rings. The number of imidazole rings is 1. The van der Waals surface area contributed by atoms with E-state index < -0.39 is 0 Å². The molecule has 180 valence electrons. The van der Waals surface area contributed by atoms with Crippen LogP contribution >= 0.6 is 11.6 Å². The molecule has 1 aliphatic heterocycles. The molecule has 1 saturated heterocycles. The number of piperazine rings is 1. The number of carbonyl (C=O) groups is 1. The van der Waals surface area contributed by atoms with Crippen molar-refractivity contribution in [2.45, 2.75) is 19.5 Å². The molecular formula is C25H25ClFN7O. The number of fused-ring (bicyclic) bond motifs is 1. The highest BCUT2D eigenvalue weighted by molar-refractivity contribution is 6.33. The summed E-state index contributed by atoms with van der Waals surface area (Å²) in [6, 6.07) is 14.0. The first-order chi connectivity index (χ1) is 17.1. The van der Waals surface area contributed by atoms with Gasteiger partial charge in [-0.1, -0.05) is 41.9 Å². The molecule has 5 rings (SSSR count). The largest absolute Gasteiger partial charge is 0.350 e. The minimum Gasteiger partial charge on any atom is -0.350 e. The van der Waals surface area contributed by atoms with Crippen molar-refractivity contribution < 1.29 is 9.18 Å². The maximum absolute atomic E-state index is 14.0. The average molecular weight is 494 g/mol. The Kier molecular flexibility index (Phi) is 6.87. The zero-order chi connectivity index (χ0) is 24.2. The molecule has 2 N–H and O–H groups in total. The fourth-order valence-corrected chi connectivity index (χ4v) is 4.38. The quantitative estimate of drug-likeness (QED) is 0.408. The first-order valence-corrected chi connectivity index (χ1v) is 11.9. The van der Waals surface area contributed by atoms with E-state index in [-0.39, 0.29) is 18.3 Å². The smallest absolute Gasteiger partial charge is 0.225 e. The molecule has 8 nitrogen and oxygen atoms in total. The number of nitrogens with zero attached hydrogens (tertiary/aromatic N) is 5. The van der Waals surface area contributed by atoms with Gasteiger partial charge < -0.3 is 20.1 Å². The van der Waals surface area contributed by atoms with E-state index in [4.69, 9.17) is 16.6 Å². The van der Waals surface area contributed by atoms with Gasteiger partial charge in [-0.15, -0.1) is 0 Å². The standard InChI is InChI=1S/C25H25ClFN7O/c26-19-7-3-2-6-18(19)23-31-21-16-30-25(29-15-17-5-1-4-8-20(17)27)32-24(21)34(23)12-9-22(35)33-13-10-28-11-14-33/h1-8,16,28H,9-15H2,(H,29,30,32). The van der Waals surface area contributed by atoms with Crippen molar-refractivity contribution in [1.29, 1.82) is 0 Å². The van der Waals surface area contributed by atoms with E-state index in [1.165, 1.54) is 6.07 Å². The summed E-state index contributed by atoms with van der Waals surface area (Å²) in [5, 5.41) is 6.91. The summed E-state index contributed by atoms with van der Waals surface area (Å²) >= 11 is 6.49. The molecule has 4 aromatic rings. The third kappa shape index (κ3) is 5.11. The second-order valence-electron chi connectivity index (χ2n) is 8.30. The van der Waals surface area contributed by atoms with Gasteiger partial charge in [0.2, 0.25) is 11.9 Å². The molecule has 0 bridgehead atoms. The van der Waals surface area contributed by atoms with E-state index in [2.05, 4.69) is 20.6 Å². The van der Waals surface area contributed by atoms with Gasteiger partial charge in [0.25, 0.3) is 0 Å². The summed E-state index contributed by atoms with van der Waals surface area (Å²) in [6.45, 7) is 3.64. The van der Waals surface area contributed by atoms with Gasteiger partial charge in [0, 0.05) is 56.8 Å². The zero-order valence-corrected chi connectivity index (χ0v) is 19.8. The predicted molar refractivity (Wildman–Crippen MR) is 134 cm³/mol. The number of rotatable bonds is 7. The molecule has 0 atom stereocenters. The Bertz CT molecular complexity index is 1350. The number of carbonyl (C=O) groups excluding carboxylic acids is 1. The van der Waals surface area contributed by atoms with Gasteiger partial charge in [0.1, 0.15) is 17.2 Å². The molecule has 0 unspecified atom stereocenters. The van der Waals surface area contributed by atoms with E-state index in [0.717, 1.165) is 18.7 Å². The maximum atomic E-state index is 14.0. The number of halogens is 2. The van der Waals surface area contributed by atoms with Gasteiger partial charge >= 0.3 is 0 Å². The van der Waals surface area contributed by atoms with Gasteiger partial charge in [-0.25, -0.2) is 14.4 Å². The Hall–Kier alpha value is -3.56. The van der Waals surface area contributed by atoms with E-state index in [9.17, 15) is 9.18 Å². The van der Waals surface area contributed by atoms with Crippen LogP contribution in [-0.2, 0) is 17.9 Å². The molecule has 1 amide bonds. The average Bonchev–Trinajstić information content (AvgIpc) is 3.25. The van der Waals surface area contributed by atoms with Crippen molar-refractivity contribution in [2.75, 3.05) is 31.5 Å². The van der Waals surface area contributed by atoms with Crippen LogP contribution in [0.25, 0.3) is 22.6 Å². The lowest BCUT2D eigenvalue weighted by atomic mass is 10.2. The summed E-state index contributed by atoms with van der Waals surface area (Å²) in [4.78, 5) is 28.5. The van der Waals surface area contributed by atoms with E-state index in [0.29, 0.717) is 59.6 Å². The van der Waals surface area contributed by atoms with Crippen molar-refractivity contribution in [2.24, 2.45) is 0 Å². The Morgan fingerprint density at radius 1 is 1.09 bits per heavy atom. The Balaban J connectivity index is 1.46. The van der Waals surface area contributed by atoms with Gasteiger partial charge in [-0.2, -0.15) is 4.98 Å². The van der Waals surface area contributed by atoms with Crippen LogP contribution in [-0.4, -0.2) is 56.5 Å². The number of benzene rings is 2. The number of amides is 1. The third-order valence-corrected chi connectivity index (χ3v) is 6.35. The first kappa shape index (κ1) is 23.2. The molecule has 0 radical (unpaired) electrons. The topological polar surface area (TPSA) is 88.0 Å². The van der Waals surface area contributed by atoms with Crippen molar-refractivity contribution >= 4 is 34.6 Å². The van der Waals surface area contributed by atoms with Crippen molar-refractivity contribution in [3.8, 4) is 11.4 Å². The van der Waals surface area contributed by atoms with Crippen LogP contribution in [0.15, 0.2) is 54.7 Å². The van der Waals surface area contributed by atoms with Crippen LogP contribution in [0.4, 0.5) is 10.3 Å². The molecule has 2 aromatic heterocycles. The third-order valence-electron chi connectivity index (χ3n) is 6.02. The molecular weight excluding hydrogens is 469 g/mol. The minimum atomic E-state index is -0.293. The second-order valence-corrected chi connectivity index (χ2v) is 8.70. The van der Waals surface area contributed by atoms with Crippen molar-refractivity contribution in [3.05, 3.63) is 71.1 Å². The maximum Gasteiger partial charge on any atom is 0.225 e. The van der Waals surface area contributed by atoms with Gasteiger partial charge in [0.15, 0.2) is 5.65 Å². The van der Waals surface area contributed by atoms with E-state index in [1.807, 2.05) is 27.7 Å². The minimum absolute atomic E-state index is 0.0883. The predicted octanol–water partition coefficient (Wildman–Crippen LogP) is 3.72. The number of aryl methyl sites for hydroxylation is 1. The summed E-state index contributed by atoms with van der Waals surface area (Å²) in [7, 11) is 0. The number of nitrogens with one attached hydrogen (secondary N) is 2. The summed E-state index contributed by atoms with van der Waals surface area (Å²) in [6.07, 6.45) is 1.94. The fraction of sp³-hybridized carbons (Fsp3) is 0.280. The van der Waals surface area contributed by atoms with Crippen LogP contribution in [0.1, 0.15) is 12.0 Å². The van der Waals surface area contributed by atoms with Crippen LogP contribution in [0.5, 0.6) is 0 Å². The zero-order valence-electron chi connectivity index (χ0n) is 19.0. The molecule has 10 heteroatoms. The molecule has 0 spiro atoms. The van der Waals surface area contributed by atoms with Crippen LogP contribution < -0.4 is 10.6 Å². The first-order valence-electron chi connectivity index (χ1n) is 11.5. The van der Waals surface area contributed by atoms with Crippen LogP contribution in [0.3, 0.4) is 0 Å². The molecule has 3 heterocycles. The molecule has 1 fully saturated rings. The van der Waals surface area contributed by atoms with Crippen LogP contribution in [0, 0.1) is 5.82 Å². The summed E-state index contributed by atoms with van der Waals surface area (Å²) in [5.41, 5.74) is 2.44. The highest BCUT2D eigenvalue weighted by Gasteiger charge is 2.20. The Morgan fingerprint density at radius 2 is 1.86 bits per heavy atom. The lowest BCUT2D eigenvalue weighted by molar-refractivity contribution is -0.131. The molecule has 2 aromatic carbocycles. The highest BCUT2D eigenvalue weighted by Crippen LogP contribution is 2.30. The second kappa shape index (κ2) is 10.4. The van der Waals surface area contributed by atoms with Gasteiger partial charge in [0.05, 0.1) is 11.2 Å². The lowest BCUT2D eigenvalue weighted by Gasteiger charge is -2.27. The lowest BCUT2D eigenvalue weighted by Crippen LogP contribution is -2.46. The highest BCUT2D eigenvalue weighted by atomic mass is 35.5. The molecule has 35 heavy (non-hydrogen) atoms. The summed E-state index contributed by atoms with van der Waals surface area (Å²) < 4.78 is 15.9. The summed E-state index contributed by atoms with van der Waals surface area (Å²) in [5.74, 6) is 0.768. The SMILES string of the molecule is O=C(CCn1c(-c2ccccc2Cl)nc2cnc(NCc3ccccc3F)nc21)N1CCNCC1. The fourth-order valence-electron chi connectivity index (χ4n) is 4.16. The molecule has 0 saturated carbocycles. The Morgan fingerprint density at radius 3 is 2.66 bits per heavy atom. The number of hydrogen-bond donors (Lipinski definition) is 2. The normalized spacial score (nSPS) is 13.8. The van der Waals surface area contributed by atoms with Crippen molar-refractivity contribution in [1.82, 2.24) is 29.7 Å². The number of hydrogen-bond acceptors (Lipinski definition) is 6. The monoisotopic (exact) mass is 493 g/mol. The number of anilines is 1. The van der Waals surface area contributed by atoms with Crippen molar-refractivity contribution in [3.63, 3.8) is 0 Å². The van der Waals surface area contributed by atoms with E-state index >= 15 is 0 Å².